The van der Waals surface area contributed by atoms with E-state index in [0.717, 1.165) is 0 Å². The number of rotatable bonds is 0. The molecule has 0 aliphatic heterocycles. The molecular weight excluding hydrogens is 530 g/mol. The van der Waals surface area contributed by atoms with Crippen LogP contribution in [0.4, 0.5) is 0 Å². The fourth-order valence-corrected chi connectivity index (χ4v) is 8.67. The SMILES string of the molecule is O=C1c2ccccc2C(=O)c2c1c1c3c4c2C(=O)c2ccncc2C4(O)C2C(=O)c4ccccc4C(=O)C2C3CCC1. The third-order valence-electron chi connectivity index (χ3n) is 10.2. The summed E-state index contributed by atoms with van der Waals surface area (Å²) in [6.07, 6.45) is 4.43. The lowest BCUT2D eigenvalue weighted by atomic mass is 9.48. The molecule has 0 saturated heterocycles. The molecule has 4 atom stereocenters. The molecule has 7 heteroatoms. The molecule has 4 aromatic rings. The van der Waals surface area contributed by atoms with Crippen molar-refractivity contribution in [2.24, 2.45) is 11.8 Å². The lowest BCUT2D eigenvalue weighted by molar-refractivity contribution is -0.0213. The quantitative estimate of drug-likeness (QED) is 0.303. The minimum absolute atomic E-state index is 0.00702. The second-order valence-corrected chi connectivity index (χ2v) is 11.9. The number of pyridine rings is 1. The van der Waals surface area contributed by atoms with Crippen LogP contribution in [0.1, 0.15) is 109 Å². The van der Waals surface area contributed by atoms with Gasteiger partial charge in [-0.3, -0.25) is 29.0 Å². The summed E-state index contributed by atoms with van der Waals surface area (Å²) in [5, 5.41) is 13.1. The Hall–Kier alpha value is -4.88. The van der Waals surface area contributed by atoms with Crippen LogP contribution in [0.2, 0.25) is 0 Å². The van der Waals surface area contributed by atoms with Gasteiger partial charge in [-0.15, -0.1) is 0 Å². The van der Waals surface area contributed by atoms with Crippen molar-refractivity contribution in [3.63, 3.8) is 0 Å². The zero-order valence-electron chi connectivity index (χ0n) is 22.1. The fraction of sp³-hybridized carbons (Fsp3) is 0.200. The Labute approximate surface area is 239 Å². The molecular formula is C35H21NO6. The number of carbonyl (C=O) groups is 5. The Kier molecular flexibility index (Phi) is 4.35. The molecule has 0 amide bonds. The number of benzene rings is 3. The zero-order valence-corrected chi connectivity index (χ0v) is 22.1. The van der Waals surface area contributed by atoms with E-state index in [1.165, 1.54) is 18.5 Å². The average molecular weight is 552 g/mol. The van der Waals surface area contributed by atoms with Gasteiger partial charge in [0, 0.05) is 73.9 Å². The first-order valence-electron chi connectivity index (χ1n) is 14.2. The maximum Gasteiger partial charge on any atom is 0.195 e. The topological polar surface area (TPSA) is 118 Å². The number of aromatic nitrogens is 1. The summed E-state index contributed by atoms with van der Waals surface area (Å²) in [4.78, 5) is 75.7. The van der Waals surface area contributed by atoms with Crippen LogP contribution < -0.4 is 0 Å². The molecule has 0 saturated carbocycles. The van der Waals surface area contributed by atoms with E-state index in [0.29, 0.717) is 36.0 Å². The summed E-state index contributed by atoms with van der Waals surface area (Å²) in [6, 6.07) is 14.7. The van der Waals surface area contributed by atoms with Crippen molar-refractivity contribution < 1.29 is 29.1 Å². The van der Waals surface area contributed by atoms with Crippen molar-refractivity contribution in [2.75, 3.05) is 0 Å². The van der Waals surface area contributed by atoms with Crippen LogP contribution in [0.25, 0.3) is 0 Å². The van der Waals surface area contributed by atoms with Gasteiger partial charge in [-0.1, -0.05) is 48.5 Å². The number of Topliss-reactive ketones (excluding diaryl/α,β-unsaturated/α-hetero) is 2. The minimum Gasteiger partial charge on any atom is -0.379 e. The summed E-state index contributed by atoms with van der Waals surface area (Å²) in [7, 11) is 0. The highest BCUT2D eigenvalue weighted by Gasteiger charge is 2.65. The number of hydrogen-bond acceptors (Lipinski definition) is 7. The monoisotopic (exact) mass is 551 g/mol. The molecule has 0 fully saturated rings. The van der Waals surface area contributed by atoms with Crippen LogP contribution in [0.15, 0.2) is 67.0 Å². The van der Waals surface area contributed by atoms with Gasteiger partial charge in [0.2, 0.25) is 0 Å². The largest absolute Gasteiger partial charge is 0.379 e. The number of fused-ring (bicyclic) bond motifs is 10. The Morgan fingerprint density at radius 1 is 0.714 bits per heavy atom. The van der Waals surface area contributed by atoms with Crippen LogP contribution in [-0.2, 0) is 12.0 Å². The highest BCUT2D eigenvalue weighted by molar-refractivity contribution is 6.33. The molecule has 1 aromatic heterocycles. The summed E-state index contributed by atoms with van der Waals surface area (Å²) < 4.78 is 0. The maximum atomic E-state index is 14.4. The van der Waals surface area contributed by atoms with Gasteiger partial charge < -0.3 is 5.11 Å². The van der Waals surface area contributed by atoms with Gasteiger partial charge in [0.1, 0.15) is 5.60 Å². The van der Waals surface area contributed by atoms with Crippen LogP contribution in [0.5, 0.6) is 0 Å². The molecule has 4 unspecified atom stereocenters. The second kappa shape index (κ2) is 7.69. The van der Waals surface area contributed by atoms with Crippen LogP contribution in [0.3, 0.4) is 0 Å². The molecule has 3 aromatic carbocycles. The van der Waals surface area contributed by atoms with Crippen molar-refractivity contribution in [2.45, 2.75) is 30.8 Å². The summed E-state index contributed by atoms with van der Waals surface area (Å²) >= 11 is 0. The molecule has 42 heavy (non-hydrogen) atoms. The number of aliphatic hydroxyl groups is 1. The molecule has 1 N–H and O–H groups in total. The Morgan fingerprint density at radius 3 is 2.05 bits per heavy atom. The predicted octanol–water partition coefficient (Wildman–Crippen LogP) is 4.38. The molecule has 0 spiro atoms. The predicted molar refractivity (Wildman–Crippen MR) is 148 cm³/mol. The third-order valence-corrected chi connectivity index (χ3v) is 10.2. The molecule has 0 radical (unpaired) electrons. The van der Waals surface area contributed by atoms with Gasteiger partial charge in [-0.05, 0) is 42.4 Å². The van der Waals surface area contributed by atoms with Crippen molar-refractivity contribution in [3.8, 4) is 0 Å². The Balaban J connectivity index is 1.47. The fourth-order valence-electron chi connectivity index (χ4n) is 8.67. The van der Waals surface area contributed by atoms with E-state index in [1.54, 1.807) is 48.5 Å². The lowest BCUT2D eigenvalue weighted by Gasteiger charge is -2.54. The van der Waals surface area contributed by atoms with Gasteiger partial charge in [0.15, 0.2) is 28.9 Å². The first-order chi connectivity index (χ1) is 20.4. The molecule has 0 bridgehead atoms. The Morgan fingerprint density at radius 2 is 1.33 bits per heavy atom. The molecule has 5 aliphatic rings. The van der Waals surface area contributed by atoms with E-state index in [9.17, 15) is 29.1 Å². The summed E-state index contributed by atoms with van der Waals surface area (Å²) in [5.41, 5.74) is 0.717. The van der Waals surface area contributed by atoms with Gasteiger partial charge in [-0.25, -0.2) is 0 Å². The van der Waals surface area contributed by atoms with E-state index in [2.05, 4.69) is 4.98 Å². The molecule has 7 nitrogen and oxygen atoms in total. The van der Waals surface area contributed by atoms with Gasteiger partial charge in [0.25, 0.3) is 0 Å². The molecule has 202 valence electrons. The van der Waals surface area contributed by atoms with Crippen molar-refractivity contribution in [1.29, 1.82) is 0 Å². The van der Waals surface area contributed by atoms with Crippen LogP contribution in [0, 0.1) is 11.8 Å². The second-order valence-electron chi connectivity index (χ2n) is 11.9. The van der Waals surface area contributed by atoms with Gasteiger partial charge >= 0.3 is 0 Å². The van der Waals surface area contributed by atoms with E-state index < -0.39 is 34.9 Å². The molecule has 5 aliphatic carbocycles. The highest BCUT2D eigenvalue weighted by Crippen LogP contribution is 2.62. The van der Waals surface area contributed by atoms with Crippen molar-refractivity contribution >= 4 is 28.9 Å². The lowest BCUT2D eigenvalue weighted by Crippen LogP contribution is -2.58. The van der Waals surface area contributed by atoms with Crippen molar-refractivity contribution in [1.82, 2.24) is 4.98 Å². The highest BCUT2D eigenvalue weighted by atomic mass is 16.3. The number of ketones is 5. The normalized spacial score (nSPS) is 26.0. The van der Waals surface area contributed by atoms with Gasteiger partial charge in [0.05, 0.1) is 5.92 Å². The first-order valence-corrected chi connectivity index (χ1v) is 14.2. The number of carbonyl (C=O) groups excluding carboxylic acids is 5. The van der Waals surface area contributed by atoms with E-state index in [-0.39, 0.29) is 67.4 Å². The zero-order chi connectivity index (χ0) is 28.7. The number of nitrogens with zero attached hydrogens (tertiary/aromatic N) is 1. The molecule has 9 rings (SSSR count). The number of hydrogen-bond donors (Lipinski definition) is 1. The molecule has 1 heterocycles. The van der Waals surface area contributed by atoms with E-state index in [1.807, 2.05) is 0 Å². The van der Waals surface area contributed by atoms with Crippen LogP contribution >= 0.6 is 0 Å². The standard InChI is InChI=1S/C35H21NO6/c37-30-15-6-1-2-7-16(15)32(39)26-24(30)20-10-5-11-21-23(20)28-27(26)33(40)19-12-13-36-14-22(19)35(28,42)29-25(21)31(38)17-8-3-4-9-18(17)34(29)41/h1-4,6-9,12-14,21,25,29,42H,5,10-11H2. The van der Waals surface area contributed by atoms with E-state index >= 15 is 0 Å². The summed E-state index contributed by atoms with van der Waals surface area (Å²) in [6.45, 7) is 0. The van der Waals surface area contributed by atoms with Gasteiger partial charge in [-0.2, -0.15) is 0 Å². The maximum absolute atomic E-state index is 14.4. The summed E-state index contributed by atoms with van der Waals surface area (Å²) in [5.74, 6) is -4.54. The average Bonchev–Trinajstić information content (AvgIpc) is 3.02. The third kappa shape index (κ3) is 2.49. The van der Waals surface area contributed by atoms with E-state index in [4.69, 9.17) is 0 Å². The van der Waals surface area contributed by atoms with Crippen LogP contribution in [-0.4, -0.2) is 39.0 Å². The first kappa shape index (κ1) is 23.8. The van der Waals surface area contributed by atoms with Crippen molar-refractivity contribution in [3.05, 3.63) is 134 Å². The Bertz CT molecular complexity index is 2060. The smallest absolute Gasteiger partial charge is 0.195 e. The minimum atomic E-state index is -2.11.